The third-order valence-corrected chi connectivity index (χ3v) is 3.11. The molecule has 1 aliphatic rings. The first kappa shape index (κ1) is 10.9. The molecule has 1 aromatic carbocycles. The van der Waals surface area contributed by atoms with Crippen molar-refractivity contribution in [3.05, 3.63) is 47.8 Å². The molecule has 4 nitrogen and oxygen atoms in total. The highest BCUT2D eigenvalue weighted by Gasteiger charge is 2.24. The van der Waals surface area contributed by atoms with Crippen LogP contribution in [0.4, 0.5) is 5.69 Å². The van der Waals surface area contributed by atoms with Crippen molar-refractivity contribution < 1.29 is 9.84 Å². The summed E-state index contributed by atoms with van der Waals surface area (Å²) in [5, 5.41) is 12.8. The zero-order valence-corrected chi connectivity index (χ0v) is 10.1. The van der Waals surface area contributed by atoms with E-state index >= 15 is 0 Å². The maximum absolute atomic E-state index is 9.41. The molecule has 0 radical (unpaired) electrons. The number of nitrogens with one attached hydrogen (secondary N) is 1. The second kappa shape index (κ2) is 4.22. The van der Waals surface area contributed by atoms with Crippen LogP contribution in [0.3, 0.4) is 0 Å². The lowest BCUT2D eigenvalue weighted by Gasteiger charge is -2.14. The normalized spacial score (nSPS) is 17.1. The smallest absolute Gasteiger partial charge is 0.128 e. The minimum absolute atomic E-state index is 0.100. The van der Waals surface area contributed by atoms with E-state index < -0.39 is 0 Å². The molecule has 2 heterocycles. The Balaban J connectivity index is 1.87. The quantitative estimate of drug-likeness (QED) is 0.850. The van der Waals surface area contributed by atoms with E-state index in [1.54, 1.807) is 18.3 Å². The minimum Gasteiger partial charge on any atom is -0.508 e. The van der Waals surface area contributed by atoms with Crippen molar-refractivity contribution >= 4 is 5.69 Å². The van der Waals surface area contributed by atoms with Crippen LogP contribution in [0.25, 0.3) is 0 Å². The number of aromatic nitrogens is 1. The molecule has 92 valence electrons. The number of pyridine rings is 1. The summed E-state index contributed by atoms with van der Waals surface area (Å²) in [5.74, 6) is 0.973. The number of phenolic OH excluding ortho intramolecular Hbond substituents is 1. The molecule has 3 rings (SSSR count). The zero-order valence-electron chi connectivity index (χ0n) is 10.1. The van der Waals surface area contributed by atoms with E-state index in [0.29, 0.717) is 6.61 Å². The Hall–Kier alpha value is -2.23. The summed E-state index contributed by atoms with van der Waals surface area (Å²) in [7, 11) is 0. The minimum atomic E-state index is 0.100. The fraction of sp³-hybridized carbons (Fsp3) is 0.214. The van der Waals surface area contributed by atoms with Crippen LogP contribution in [0.1, 0.15) is 17.3 Å². The van der Waals surface area contributed by atoms with E-state index in [9.17, 15) is 5.11 Å². The maximum atomic E-state index is 9.41. The van der Waals surface area contributed by atoms with E-state index in [0.717, 1.165) is 22.7 Å². The van der Waals surface area contributed by atoms with Crippen LogP contribution in [-0.2, 0) is 0 Å². The number of ether oxygens (including phenoxy) is 1. The van der Waals surface area contributed by atoms with Crippen LogP contribution in [-0.4, -0.2) is 16.7 Å². The van der Waals surface area contributed by atoms with Crippen molar-refractivity contribution in [1.29, 1.82) is 0 Å². The zero-order chi connectivity index (χ0) is 12.5. The number of hydrogen-bond acceptors (Lipinski definition) is 4. The molecule has 0 saturated heterocycles. The van der Waals surface area contributed by atoms with Gasteiger partial charge in [0.2, 0.25) is 0 Å². The van der Waals surface area contributed by atoms with E-state index in [1.165, 1.54) is 0 Å². The maximum Gasteiger partial charge on any atom is 0.128 e. The van der Waals surface area contributed by atoms with Crippen LogP contribution >= 0.6 is 0 Å². The van der Waals surface area contributed by atoms with Gasteiger partial charge in [-0.2, -0.15) is 0 Å². The molecular weight excluding hydrogens is 228 g/mol. The standard InChI is InChI=1S/C14H14N2O2/c1-9-12(3-2-6-15-9)16-13-8-18-14-7-10(17)4-5-11(13)14/h2-7,13,16-17H,8H2,1H3. The van der Waals surface area contributed by atoms with Crippen LogP contribution in [0, 0.1) is 6.92 Å². The number of aryl methyl sites for hydroxylation is 1. The summed E-state index contributed by atoms with van der Waals surface area (Å²) in [6, 6.07) is 9.22. The number of benzene rings is 1. The molecule has 1 unspecified atom stereocenters. The lowest BCUT2D eigenvalue weighted by Crippen LogP contribution is -2.12. The van der Waals surface area contributed by atoms with Crippen LogP contribution < -0.4 is 10.1 Å². The van der Waals surface area contributed by atoms with Gasteiger partial charge in [0.05, 0.1) is 17.4 Å². The molecule has 2 aromatic rings. The van der Waals surface area contributed by atoms with Gasteiger partial charge in [-0.15, -0.1) is 0 Å². The average Bonchev–Trinajstić information content (AvgIpc) is 2.74. The summed E-state index contributed by atoms with van der Waals surface area (Å²) in [6.45, 7) is 2.53. The predicted octanol–water partition coefficient (Wildman–Crippen LogP) is 2.64. The van der Waals surface area contributed by atoms with Gasteiger partial charge in [-0.05, 0) is 31.2 Å². The largest absolute Gasteiger partial charge is 0.508 e. The van der Waals surface area contributed by atoms with Crippen molar-refractivity contribution in [1.82, 2.24) is 4.98 Å². The first-order valence-electron chi connectivity index (χ1n) is 5.88. The van der Waals surface area contributed by atoms with Gasteiger partial charge in [0.1, 0.15) is 18.1 Å². The van der Waals surface area contributed by atoms with Crippen LogP contribution in [0.2, 0.25) is 0 Å². The molecule has 0 fully saturated rings. The summed E-state index contributed by atoms with van der Waals surface area (Å²) >= 11 is 0. The summed E-state index contributed by atoms with van der Waals surface area (Å²) < 4.78 is 5.56. The SMILES string of the molecule is Cc1ncccc1NC1COc2cc(O)ccc21. The average molecular weight is 242 g/mol. The molecular formula is C14H14N2O2. The number of rotatable bonds is 2. The highest BCUT2D eigenvalue weighted by molar-refractivity contribution is 5.53. The van der Waals surface area contributed by atoms with Gasteiger partial charge in [0.15, 0.2) is 0 Å². The lowest BCUT2D eigenvalue weighted by atomic mass is 10.1. The van der Waals surface area contributed by atoms with Crippen molar-refractivity contribution in [2.75, 3.05) is 11.9 Å². The molecule has 0 bridgehead atoms. The number of nitrogens with zero attached hydrogens (tertiary/aromatic N) is 1. The van der Waals surface area contributed by atoms with Gasteiger partial charge in [0, 0.05) is 17.8 Å². The number of aromatic hydroxyl groups is 1. The highest BCUT2D eigenvalue weighted by Crippen LogP contribution is 2.36. The molecule has 18 heavy (non-hydrogen) atoms. The van der Waals surface area contributed by atoms with Gasteiger partial charge in [0.25, 0.3) is 0 Å². The lowest BCUT2D eigenvalue weighted by molar-refractivity contribution is 0.338. The van der Waals surface area contributed by atoms with Crippen LogP contribution in [0.5, 0.6) is 11.5 Å². The number of hydrogen-bond donors (Lipinski definition) is 2. The Morgan fingerprint density at radius 3 is 3.11 bits per heavy atom. The number of anilines is 1. The Morgan fingerprint density at radius 2 is 2.28 bits per heavy atom. The fourth-order valence-corrected chi connectivity index (χ4v) is 2.14. The Bertz CT molecular complexity index is 584. The van der Waals surface area contributed by atoms with E-state index in [4.69, 9.17) is 4.74 Å². The molecule has 0 saturated carbocycles. The molecule has 0 amide bonds. The van der Waals surface area contributed by atoms with E-state index in [1.807, 2.05) is 25.1 Å². The Kier molecular flexibility index (Phi) is 2.55. The molecule has 0 aliphatic carbocycles. The van der Waals surface area contributed by atoms with Crippen molar-refractivity contribution in [2.45, 2.75) is 13.0 Å². The Labute approximate surface area is 105 Å². The van der Waals surface area contributed by atoms with Gasteiger partial charge < -0.3 is 15.2 Å². The first-order valence-corrected chi connectivity index (χ1v) is 5.88. The molecule has 0 spiro atoms. The van der Waals surface area contributed by atoms with E-state index in [2.05, 4.69) is 10.3 Å². The monoisotopic (exact) mass is 242 g/mol. The Morgan fingerprint density at radius 1 is 1.39 bits per heavy atom. The van der Waals surface area contributed by atoms with Gasteiger partial charge in [-0.25, -0.2) is 0 Å². The summed E-state index contributed by atoms with van der Waals surface area (Å²) in [4.78, 5) is 4.25. The van der Waals surface area contributed by atoms with Gasteiger partial charge in [-0.3, -0.25) is 4.98 Å². The molecule has 4 heteroatoms. The second-order valence-electron chi connectivity index (χ2n) is 4.37. The molecule has 1 atom stereocenters. The van der Waals surface area contributed by atoms with Crippen LogP contribution in [0.15, 0.2) is 36.5 Å². The van der Waals surface area contributed by atoms with Crippen molar-refractivity contribution in [2.24, 2.45) is 0 Å². The predicted molar refractivity (Wildman–Crippen MR) is 68.9 cm³/mol. The third-order valence-electron chi connectivity index (χ3n) is 3.11. The van der Waals surface area contributed by atoms with Crippen molar-refractivity contribution in [3.8, 4) is 11.5 Å². The second-order valence-corrected chi connectivity index (χ2v) is 4.37. The highest BCUT2D eigenvalue weighted by atomic mass is 16.5. The number of fused-ring (bicyclic) bond motifs is 1. The van der Waals surface area contributed by atoms with Gasteiger partial charge in [-0.1, -0.05) is 0 Å². The third kappa shape index (κ3) is 1.86. The topological polar surface area (TPSA) is 54.4 Å². The fourth-order valence-electron chi connectivity index (χ4n) is 2.14. The summed E-state index contributed by atoms with van der Waals surface area (Å²) in [6.07, 6.45) is 1.78. The van der Waals surface area contributed by atoms with Crippen molar-refractivity contribution in [3.63, 3.8) is 0 Å². The molecule has 1 aliphatic heterocycles. The first-order chi connectivity index (χ1) is 8.74. The van der Waals surface area contributed by atoms with Gasteiger partial charge >= 0.3 is 0 Å². The number of phenols is 1. The molecule has 2 N–H and O–H groups in total. The summed E-state index contributed by atoms with van der Waals surface area (Å²) in [5.41, 5.74) is 3.04. The molecule has 1 aromatic heterocycles. The van der Waals surface area contributed by atoms with E-state index in [-0.39, 0.29) is 11.8 Å².